The van der Waals surface area contributed by atoms with Crippen LogP contribution in [0.15, 0.2) is 11.4 Å². The van der Waals surface area contributed by atoms with E-state index in [9.17, 15) is 18.3 Å². The molecule has 1 aromatic heterocycles. The van der Waals surface area contributed by atoms with Gasteiger partial charge in [-0.1, -0.05) is 11.8 Å². The summed E-state index contributed by atoms with van der Waals surface area (Å²) in [6.07, 6.45) is -1.78. The summed E-state index contributed by atoms with van der Waals surface area (Å²) in [5.74, 6) is -0.502. The number of halogens is 3. The van der Waals surface area contributed by atoms with Crippen LogP contribution in [0, 0.1) is 0 Å². The molecule has 4 nitrogen and oxygen atoms in total. The molecule has 1 fully saturated rings. The molecule has 0 aliphatic heterocycles. The lowest BCUT2D eigenvalue weighted by Crippen LogP contribution is -2.27. The average molecular weight is 294 g/mol. The predicted octanol–water partition coefficient (Wildman–Crippen LogP) is 2.51. The van der Waals surface area contributed by atoms with Crippen LogP contribution in [0.2, 0.25) is 0 Å². The molecule has 1 saturated carbocycles. The molecule has 2 atom stereocenters. The molecule has 1 aromatic rings. The summed E-state index contributed by atoms with van der Waals surface area (Å²) in [6, 6.07) is 0. The molecule has 0 amide bonds. The van der Waals surface area contributed by atoms with Crippen LogP contribution in [0.1, 0.15) is 24.8 Å². The van der Waals surface area contributed by atoms with Crippen molar-refractivity contribution in [2.75, 3.05) is 6.26 Å². The van der Waals surface area contributed by atoms with Gasteiger partial charge in [-0.15, -0.1) is 0 Å². The summed E-state index contributed by atoms with van der Waals surface area (Å²) < 4.78 is 43.7. The Kier molecular flexibility index (Phi) is 4.19. The van der Waals surface area contributed by atoms with Gasteiger partial charge in [0.05, 0.1) is 6.10 Å². The minimum atomic E-state index is -4.57. The second-order valence-corrected chi connectivity index (χ2v) is 5.00. The fraction of sp³-hybridized carbons (Fsp3) is 0.636. The van der Waals surface area contributed by atoms with Crippen molar-refractivity contribution in [2.45, 2.75) is 42.8 Å². The molecule has 8 heteroatoms. The Bertz CT molecular complexity index is 456. The molecule has 0 unspecified atom stereocenters. The fourth-order valence-electron chi connectivity index (χ4n) is 1.92. The summed E-state index contributed by atoms with van der Waals surface area (Å²) >= 11 is 1.13. The van der Waals surface area contributed by atoms with Gasteiger partial charge in [-0.3, -0.25) is 0 Å². The van der Waals surface area contributed by atoms with E-state index in [0.717, 1.165) is 24.4 Å². The number of hydrogen-bond donors (Lipinski definition) is 1. The molecule has 1 aliphatic carbocycles. The van der Waals surface area contributed by atoms with Crippen LogP contribution < -0.4 is 4.74 Å². The number of rotatable bonds is 3. The Balaban J connectivity index is 2.30. The van der Waals surface area contributed by atoms with Crippen LogP contribution in [0.4, 0.5) is 13.2 Å². The molecule has 0 saturated heterocycles. The van der Waals surface area contributed by atoms with Gasteiger partial charge in [0, 0.05) is 6.20 Å². The van der Waals surface area contributed by atoms with E-state index in [1.165, 1.54) is 0 Å². The molecule has 1 aliphatic rings. The molecule has 2 rings (SSSR count). The van der Waals surface area contributed by atoms with E-state index < -0.39 is 29.8 Å². The molecule has 0 spiro atoms. The van der Waals surface area contributed by atoms with Crippen LogP contribution in [0.3, 0.4) is 0 Å². The monoisotopic (exact) mass is 294 g/mol. The number of aliphatic hydroxyl groups is 1. The average Bonchev–Trinajstić information content (AvgIpc) is 2.73. The van der Waals surface area contributed by atoms with Gasteiger partial charge in [0.15, 0.2) is 5.16 Å². The van der Waals surface area contributed by atoms with Crippen molar-refractivity contribution in [1.29, 1.82) is 0 Å². The topological polar surface area (TPSA) is 55.2 Å². The number of ether oxygens (including phenoxy) is 1. The molecule has 0 radical (unpaired) electrons. The maximum Gasteiger partial charge on any atom is 0.423 e. The van der Waals surface area contributed by atoms with Crippen LogP contribution in [0.5, 0.6) is 5.88 Å². The van der Waals surface area contributed by atoms with Crippen molar-refractivity contribution < 1.29 is 23.0 Å². The first-order chi connectivity index (χ1) is 8.91. The normalized spacial score (nSPS) is 23.6. The zero-order valence-electron chi connectivity index (χ0n) is 10.1. The van der Waals surface area contributed by atoms with Crippen LogP contribution >= 0.6 is 11.8 Å². The van der Waals surface area contributed by atoms with E-state index >= 15 is 0 Å². The smallest absolute Gasteiger partial charge is 0.423 e. The molecule has 1 N–H and O–H groups in total. The Morgan fingerprint density at radius 3 is 2.68 bits per heavy atom. The number of hydrogen-bond acceptors (Lipinski definition) is 5. The van der Waals surface area contributed by atoms with Crippen LogP contribution in [0.25, 0.3) is 0 Å². The number of alkyl halides is 3. The first-order valence-corrected chi connectivity index (χ1v) is 6.97. The van der Waals surface area contributed by atoms with Gasteiger partial charge in [-0.2, -0.15) is 18.2 Å². The minimum absolute atomic E-state index is 0.204. The zero-order valence-corrected chi connectivity index (χ0v) is 11.0. The van der Waals surface area contributed by atoms with Crippen molar-refractivity contribution in [3.63, 3.8) is 0 Å². The first kappa shape index (κ1) is 14.4. The molecule has 106 valence electrons. The molecular weight excluding hydrogens is 281 g/mol. The van der Waals surface area contributed by atoms with E-state index in [1.54, 1.807) is 6.26 Å². The summed E-state index contributed by atoms with van der Waals surface area (Å²) in [5, 5.41) is 9.82. The molecule has 19 heavy (non-hydrogen) atoms. The van der Waals surface area contributed by atoms with E-state index in [-0.39, 0.29) is 5.16 Å². The largest absolute Gasteiger partial charge is 0.471 e. The molecule has 1 heterocycles. The van der Waals surface area contributed by atoms with Crippen molar-refractivity contribution in [3.8, 4) is 5.88 Å². The molecule has 0 bridgehead atoms. The summed E-state index contributed by atoms with van der Waals surface area (Å²) in [7, 11) is 0. The Labute approximate surface area is 112 Å². The van der Waals surface area contributed by atoms with E-state index in [0.29, 0.717) is 12.8 Å². The first-order valence-electron chi connectivity index (χ1n) is 5.74. The second-order valence-electron chi connectivity index (χ2n) is 4.23. The van der Waals surface area contributed by atoms with Crippen molar-refractivity contribution in [1.82, 2.24) is 9.97 Å². The SMILES string of the molecule is CSc1ncc(C(F)(F)F)c(O[C@H]2CCC[C@@H]2O)n1. The highest BCUT2D eigenvalue weighted by Gasteiger charge is 2.38. The number of nitrogens with zero attached hydrogens (tertiary/aromatic N) is 2. The van der Waals surface area contributed by atoms with Gasteiger partial charge in [0.25, 0.3) is 0 Å². The van der Waals surface area contributed by atoms with Crippen molar-refractivity contribution in [2.24, 2.45) is 0 Å². The maximum absolute atomic E-state index is 12.8. The summed E-state index contributed by atoms with van der Waals surface area (Å²) in [4.78, 5) is 7.36. The maximum atomic E-state index is 12.8. The summed E-state index contributed by atoms with van der Waals surface area (Å²) in [6.45, 7) is 0. The highest BCUT2D eigenvalue weighted by Crippen LogP contribution is 2.36. The Morgan fingerprint density at radius 1 is 1.42 bits per heavy atom. The zero-order chi connectivity index (χ0) is 14.0. The van der Waals surface area contributed by atoms with E-state index in [1.807, 2.05) is 0 Å². The number of aromatic nitrogens is 2. The van der Waals surface area contributed by atoms with Crippen LogP contribution in [-0.2, 0) is 6.18 Å². The van der Waals surface area contributed by atoms with Gasteiger partial charge >= 0.3 is 6.18 Å². The second kappa shape index (κ2) is 5.54. The third kappa shape index (κ3) is 3.30. The lowest BCUT2D eigenvalue weighted by molar-refractivity contribution is -0.140. The highest BCUT2D eigenvalue weighted by molar-refractivity contribution is 7.98. The fourth-order valence-corrected chi connectivity index (χ4v) is 2.25. The molecule has 0 aromatic carbocycles. The third-order valence-electron chi connectivity index (χ3n) is 2.90. The van der Waals surface area contributed by atoms with Crippen molar-refractivity contribution in [3.05, 3.63) is 11.8 Å². The van der Waals surface area contributed by atoms with Gasteiger partial charge < -0.3 is 9.84 Å². The summed E-state index contributed by atoms with van der Waals surface area (Å²) in [5.41, 5.74) is -1.01. The van der Waals surface area contributed by atoms with Crippen molar-refractivity contribution >= 4 is 11.8 Å². The Morgan fingerprint density at radius 2 is 2.16 bits per heavy atom. The molecular formula is C11H13F3N2O2S. The predicted molar refractivity (Wildman–Crippen MR) is 63.1 cm³/mol. The number of aliphatic hydroxyl groups excluding tert-OH is 1. The Hall–Kier alpha value is -1.02. The van der Waals surface area contributed by atoms with Crippen LogP contribution in [-0.4, -0.2) is 33.5 Å². The van der Waals surface area contributed by atoms with Gasteiger partial charge in [0.2, 0.25) is 5.88 Å². The minimum Gasteiger partial charge on any atom is -0.471 e. The standard InChI is InChI=1S/C11H13F3N2O2S/c1-19-10-15-5-6(11(12,13)14)9(16-10)18-8-4-2-3-7(8)17/h5,7-8,17H,2-4H2,1H3/t7-,8-/m0/s1. The van der Waals surface area contributed by atoms with Gasteiger partial charge in [0.1, 0.15) is 11.7 Å². The van der Waals surface area contributed by atoms with E-state index in [4.69, 9.17) is 4.74 Å². The quantitative estimate of drug-likeness (QED) is 0.685. The number of thioether (sulfide) groups is 1. The third-order valence-corrected chi connectivity index (χ3v) is 3.46. The highest BCUT2D eigenvalue weighted by atomic mass is 32.2. The lowest BCUT2D eigenvalue weighted by Gasteiger charge is -2.19. The van der Waals surface area contributed by atoms with E-state index in [2.05, 4.69) is 9.97 Å². The lowest BCUT2D eigenvalue weighted by atomic mass is 10.2. The van der Waals surface area contributed by atoms with Gasteiger partial charge in [-0.05, 0) is 25.5 Å². The van der Waals surface area contributed by atoms with Gasteiger partial charge in [-0.25, -0.2) is 4.98 Å².